The molecule has 1 N–H and O–H groups in total. The first-order valence-corrected chi connectivity index (χ1v) is 11.2. The number of aryl methyl sites for hydroxylation is 2. The second-order valence-corrected chi connectivity index (χ2v) is 9.42. The van der Waals surface area contributed by atoms with Crippen LogP contribution in [-0.4, -0.2) is 10.9 Å². The summed E-state index contributed by atoms with van der Waals surface area (Å²) in [5.74, 6) is 0.879. The van der Waals surface area contributed by atoms with Crippen LogP contribution in [0.5, 0.6) is 5.75 Å². The number of unbranched alkanes of at least 4 members (excludes halogenated alkanes) is 1. The fraction of sp³-hybridized carbons (Fsp3) is 0.250. The molecule has 136 valence electrons. The number of hydrogen-bond acceptors (Lipinski definition) is 3. The second-order valence-electron chi connectivity index (χ2n) is 6.24. The zero-order chi connectivity index (χ0) is 19.0. The van der Waals surface area contributed by atoms with Gasteiger partial charge in [-0.05, 0) is 104 Å². The molecule has 6 heteroatoms. The molecule has 0 fully saturated rings. The van der Waals surface area contributed by atoms with Gasteiger partial charge in [-0.25, -0.2) is 0 Å². The lowest BCUT2D eigenvalue weighted by Gasteiger charge is -2.07. The van der Waals surface area contributed by atoms with E-state index in [0.717, 1.165) is 40.4 Å². The normalized spacial score (nSPS) is 11.3. The molecule has 26 heavy (non-hydrogen) atoms. The highest BCUT2D eigenvalue weighted by atomic mass is 127. The highest BCUT2D eigenvalue weighted by Crippen LogP contribution is 2.36. The van der Waals surface area contributed by atoms with Crippen molar-refractivity contribution < 1.29 is 14.3 Å². The van der Waals surface area contributed by atoms with Crippen LogP contribution in [0.3, 0.4) is 0 Å². The number of aromatic hydroxyl groups is 1. The Labute approximate surface area is 188 Å². The van der Waals surface area contributed by atoms with Gasteiger partial charge >= 0.3 is 0 Å². The number of benzene rings is 2. The molecule has 0 saturated heterocycles. The third-order valence-electron chi connectivity index (χ3n) is 4.22. The summed E-state index contributed by atoms with van der Waals surface area (Å²) >= 11 is 7.66. The van der Waals surface area contributed by atoms with Crippen molar-refractivity contribution in [1.29, 1.82) is 0 Å². The van der Waals surface area contributed by atoms with E-state index in [-0.39, 0.29) is 11.5 Å². The number of carbonyl (C=O) groups excluding carboxylic acids is 1. The van der Waals surface area contributed by atoms with Crippen molar-refractivity contribution in [3.63, 3.8) is 0 Å². The molecule has 0 unspecified atom stereocenters. The van der Waals surface area contributed by atoms with E-state index in [1.807, 2.05) is 64.2 Å². The lowest BCUT2D eigenvalue weighted by atomic mass is 9.97. The number of furan rings is 1. The maximum absolute atomic E-state index is 13.4. The Bertz CT molecular complexity index is 985. The van der Waals surface area contributed by atoms with Gasteiger partial charge in [0.1, 0.15) is 17.1 Å². The molecule has 0 aliphatic heterocycles. The molecule has 3 rings (SSSR count). The van der Waals surface area contributed by atoms with Crippen LogP contribution in [-0.2, 0) is 6.42 Å². The Hall–Kier alpha value is -0.610. The van der Waals surface area contributed by atoms with Crippen LogP contribution in [0.15, 0.2) is 33.2 Å². The van der Waals surface area contributed by atoms with E-state index in [2.05, 4.69) is 22.9 Å². The number of carbonyl (C=O) groups is 1. The van der Waals surface area contributed by atoms with E-state index < -0.39 is 0 Å². The van der Waals surface area contributed by atoms with Crippen molar-refractivity contribution in [2.75, 3.05) is 0 Å². The predicted octanol–water partition coefficient (Wildman–Crippen LogP) is 6.99. The zero-order valence-corrected chi connectivity index (χ0v) is 20.2. The standard InChI is InChI=1S/C20H17BrI2O3/c1-3-4-5-16-17(12-6-10(2)7-13(21)20(12)26-16)18(24)11-8-14(22)19(25)15(23)9-11/h6-9,25H,3-5H2,1-2H3. The molecule has 0 spiro atoms. The maximum atomic E-state index is 13.4. The Morgan fingerprint density at radius 1 is 1.19 bits per heavy atom. The van der Waals surface area contributed by atoms with Gasteiger partial charge in [0.05, 0.1) is 17.2 Å². The van der Waals surface area contributed by atoms with Crippen molar-refractivity contribution in [1.82, 2.24) is 0 Å². The molecule has 2 aromatic carbocycles. The molecule has 3 aromatic rings. The topological polar surface area (TPSA) is 50.4 Å². The average molecular weight is 639 g/mol. The van der Waals surface area contributed by atoms with E-state index in [4.69, 9.17) is 4.42 Å². The minimum absolute atomic E-state index is 0.0665. The van der Waals surface area contributed by atoms with Crippen molar-refractivity contribution >= 4 is 77.9 Å². The number of rotatable bonds is 5. The summed E-state index contributed by atoms with van der Waals surface area (Å²) < 4.78 is 8.28. The van der Waals surface area contributed by atoms with Gasteiger partial charge in [0.15, 0.2) is 5.78 Å². The predicted molar refractivity (Wildman–Crippen MR) is 124 cm³/mol. The monoisotopic (exact) mass is 638 g/mol. The first-order valence-electron chi connectivity index (χ1n) is 8.27. The average Bonchev–Trinajstić information content (AvgIpc) is 2.95. The molecule has 0 saturated carbocycles. The summed E-state index contributed by atoms with van der Waals surface area (Å²) in [6.07, 6.45) is 2.71. The summed E-state index contributed by atoms with van der Waals surface area (Å²) in [5.41, 5.74) is 2.98. The Morgan fingerprint density at radius 3 is 2.46 bits per heavy atom. The van der Waals surface area contributed by atoms with Crippen LogP contribution in [0.25, 0.3) is 11.0 Å². The third kappa shape index (κ3) is 3.82. The molecule has 3 nitrogen and oxygen atoms in total. The van der Waals surface area contributed by atoms with Gasteiger partial charge in [-0.15, -0.1) is 0 Å². The molecule has 0 amide bonds. The number of fused-ring (bicyclic) bond motifs is 1. The van der Waals surface area contributed by atoms with Crippen molar-refractivity contribution in [2.24, 2.45) is 0 Å². The van der Waals surface area contributed by atoms with Crippen LogP contribution in [0.4, 0.5) is 0 Å². The summed E-state index contributed by atoms with van der Waals surface area (Å²) in [6.45, 7) is 4.12. The van der Waals surface area contributed by atoms with Crippen LogP contribution >= 0.6 is 61.1 Å². The summed E-state index contributed by atoms with van der Waals surface area (Å²) in [7, 11) is 0. The number of hydrogen-bond donors (Lipinski definition) is 1. The SMILES string of the molecule is CCCCc1oc2c(Br)cc(C)cc2c1C(=O)c1cc(I)c(O)c(I)c1. The van der Waals surface area contributed by atoms with Crippen molar-refractivity contribution in [3.05, 3.63) is 58.3 Å². The highest BCUT2D eigenvalue weighted by Gasteiger charge is 2.24. The Kier molecular flexibility index (Phi) is 6.33. The minimum Gasteiger partial charge on any atom is -0.506 e. The van der Waals surface area contributed by atoms with Gasteiger partial charge in [0.2, 0.25) is 0 Å². The molecule has 1 heterocycles. The summed E-state index contributed by atoms with van der Waals surface area (Å²) in [5, 5.41) is 10.8. The van der Waals surface area contributed by atoms with Crippen LogP contribution in [0.2, 0.25) is 0 Å². The van der Waals surface area contributed by atoms with E-state index in [1.165, 1.54) is 0 Å². The molecule has 0 aliphatic rings. The molecular formula is C20H17BrI2O3. The smallest absolute Gasteiger partial charge is 0.197 e. The van der Waals surface area contributed by atoms with Gasteiger partial charge in [-0.1, -0.05) is 13.3 Å². The number of phenolic OH excluding ortho intramolecular Hbond substituents is 1. The number of phenols is 1. The molecular weight excluding hydrogens is 622 g/mol. The lowest BCUT2D eigenvalue weighted by molar-refractivity contribution is 0.103. The van der Waals surface area contributed by atoms with E-state index >= 15 is 0 Å². The minimum atomic E-state index is -0.0665. The molecule has 0 bridgehead atoms. The third-order valence-corrected chi connectivity index (χ3v) is 6.46. The zero-order valence-electron chi connectivity index (χ0n) is 14.3. The Balaban J connectivity index is 2.23. The molecule has 1 aromatic heterocycles. The van der Waals surface area contributed by atoms with Gasteiger partial charge in [0, 0.05) is 17.4 Å². The lowest BCUT2D eigenvalue weighted by Crippen LogP contribution is -2.05. The largest absolute Gasteiger partial charge is 0.506 e. The van der Waals surface area contributed by atoms with Gasteiger partial charge in [0.25, 0.3) is 0 Å². The number of halogens is 3. The van der Waals surface area contributed by atoms with Crippen molar-refractivity contribution in [3.8, 4) is 5.75 Å². The van der Waals surface area contributed by atoms with Crippen LogP contribution in [0, 0.1) is 14.1 Å². The fourth-order valence-electron chi connectivity index (χ4n) is 2.95. The van der Waals surface area contributed by atoms with E-state index in [0.29, 0.717) is 23.9 Å². The quantitative estimate of drug-likeness (QED) is 0.242. The fourth-order valence-corrected chi connectivity index (χ4v) is 5.37. The van der Waals surface area contributed by atoms with Gasteiger partial charge in [-0.2, -0.15) is 0 Å². The van der Waals surface area contributed by atoms with Gasteiger partial charge in [-0.3, -0.25) is 4.79 Å². The highest BCUT2D eigenvalue weighted by molar-refractivity contribution is 14.1. The van der Waals surface area contributed by atoms with Gasteiger partial charge < -0.3 is 9.52 Å². The van der Waals surface area contributed by atoms with E-state index in [1.54, 1.807) is 12.1 Å². The second kappa shape index (κ2) is 8.18. The molecule has 0 aliphatic carbocycles. The van der Waals surface area contributed by atoms with E-state index in [9.17, 15) is 9.90 Å². The number of ketones is 1. The van der Waals surface area contributed by atoms with Crippen molar-refractivity contribution in [2.45, 2.75) is 33.1 Å². The maximum Gasteiger partial charge on any atom is 0.197 e. The van der Waals surface area contributed by atoms with Crippen LogP contribution < -0.4 is 0 Å². The first-order chi connectivity index (χ1) is 12.3. The summed E-state index contributed by atoms with van der Waals surface area (Å²) in [6, 6.07) is 7.46. The summed E-state index contributed by atoms with van der Waals surface area (Å²) in [4.78, 5) is 13.4. The Morgan fingerprint density at radius 2 is 1.85 bits per heavy atom. The first kappa shape index (κ1) is 20.1. The molecule has 0 radical (unpaired) electrons. The van der Waals surface area contributed by atoms with Crippen LogP contribution in [0.1, 0.15) is 47.0 Å². The molecule has 0 atom stereocenters.